The lowest BCUT2D eigenvalue weighted by Gasteiger charge is -2.19. The molecule has 0 aliphatic heterocycles. The van der Waals surface area contributed by atoms with Gasteiger partial charge in [-0.25, -0.2) is 15.0 Å². The molecule has 13 heteroatoms. The van der Waals surface area contributed by atoms with Gasteiger partial charge in [0.1, 0.15) is 28.6 Å². The van der Waals surface area contributed by atoms with Gasteiger partial charge in [0.2, 0.25) is 5.91 Å². The van der Waals surface area contributed by atoms with Crippen molar-refractivity contribution in [2.75, 3.05) is 5.32 Å². The number of rotatable bonds is 6. The molecule has 4 aromatic rings. The summed E-state index contributed by atoms with van der Waals surface area (Å²) in [6, 6.07) is 10.2. The number of ether oxygens (including phenoxy) is 1. The van der Waals surface area contributed by atoms with E-state index < -0.39 is 48.5 Å². The largest absolute Gasteiger partial charge is 0.431 e. The molecule has 1 fully saturated rings. The van der Waals surface area contributed by atoms with Crippen LogP contribution in [0.4, 0.5) is 27.8 Å². The molecule has 0 unspecified atom stereocenters. The van der Waals surface area contributed by atoms with Gasteiger partial charge in [0.05, 0.1) is 5.52 Å². The van der Waals surface area contributed by atoms with Crippen LogP contribution < -0.4 is 10.1 Å². The highest BCUT2D eigenvalue weighted by molar-refractivity contribution is 6.00. The average Bonchev–Trinajstić information content (AvgIpc) is 3.57. The second-order valence-corrected chi connectivity index (χ2v) is 8.27. The zero-order chi connectivity index (χ0) is 25.7. The zero-order valence-corrected chi connectivity index (χ0v) is 18.6. The number of fused-ring (bicyclic) bond motifs is 1. The number of nitrogens with one attached hydrogen (secondary N) is 1. The summed E-state index contributed by atoms with van der Waals surface area (Å²) in [6.07, 6.45) is -2.77. The van der Waals surface area contributed by atoms with Crippen LogP contribution in [0.3, 0.4) is 0 Å². The van der Waals surface area contributed by atoms with Crippen molar-refractivity contribution in [3.63, 3.8) is 0 Å². The van der Waals surface area contributed by atoms with Crippen LogP contribution in [0.15, 0.2) is 48.9 Å². The topological polar surface area (TPSA) is 94.8 Å². The first-order chi connectivity index (χ1) is 17.1. The average molecular weight is 504 g/mol. The summed E-state index contributed by atoms with van der Waals surface area (Å²) in [5, 5.41) is 6.51. The minimum absolute atomic E-state index is 0.0523. The zero-order valence-electron chi connectivity index (χ0n) is 18.6. The lowest BCUT2D eigenvalue weighted by molar-refractivity contribution is -0.189. The smallest absolute Gasteiger partial charge is 0.403 e. The van der Waals surface area contributed by atoms with Crippen molar-refractivity contribution < 1.29 is 31.5 Å². The highest BCUT2D eigenvalue weighted by Crippen LogP contribution is 2.58. The number of anilines is 1. The molecule has 1 aromatic carbocycles. The van der Waals surface area contributed by atoms with E-state index in [0.29, 0.717) is 11.3 Å². The molecule has 0 saturated heterocycles. The number of aryl methyl sites for hydroxylation is 1. The number of alkyl halides is 5. The predicted octanol–water partition coefficient (Wildman–Crippen LogP) is 4.97. The third-order valence-electron chi connectivity index (χ3n) is 5.88. The summed E-state index contributed by atoms with van der Waals surface area (Å²) in [5.41, 5.74) is -0.421. The molecule has 1 N–H and O–H groups in total. The minimum atomic E-state index is -4.80. The molecule has 3 aromatic heterocycles. The number of nitrogens with zero attached hydrogens (tertiary/aromatic N) is 5. The summed E-state index contributed by atoms with van der Waals surface area (Å²) >= 11 is 0. The third-order valence-corrected chi connectivity index (χ3v) is 5.88. The van der Waals surface area contributed by atoms with E-state index in [1.54, 1.807) is 17.9 Å². The van der Waals surface area contributed by atoms with Crippen molar-refractivity contribution in [1.82, 2.24) is 24.7 Å². The Bertz CT molecular complexity index is 1450. The molecule has 0 atom stereocenters. The van der Waals surface area contributed by atoms with Crippen LogP contribution >= 0.6 is 0 Å². The van der Waals surface area contributed by atoms with Gasteiger partial charge >= 0.3 is 12.8 Å². The Labute approximate surface area is 200 Å². The molecule has 186 valence electrons. The number of halogens is 5. The first-order valence-corrected chi connectivity index (χ1v) is 10.7. The van der Waals surface area contributed by atoms with Crippen molar-refractivity contribution in [3.05, 3.63) is 48.9 Å². The Hall–Kier alpha value is -4.16. The Morgan fingerprint density at radius 3 is 2.50 bits per heavy atom. The number of carbonyl (C=O) groups is 1. The molecule has 1 saturated carbocycles. The molecule has 1 amide bonds. The van der Waals surface area contributed by atoms with Crippen LogP contribution in [0.5, 0.6) is 5.75 Å². The van der Waals surface area contributed by atoms with Crippen LogP contribution in [0, 0.1) is 5.41 Å². The lowest BCUT2D eigenvalue weighted by Crippen LogP contribution is -2.37. The molecule has 8 nitrogen and oxygen atoms in total. The highest BCUT2D eigenvalue weighted by atomic mass is 19.4. The maximum Gasteiger partial charge on any atom is 0.403 e. The van der Waals surface area contributed by atoms with Gasteiger partial charge in [-0.15, -0.1) is 0 Å². The van der Waals surface area contributed by atoms with Gasteiger partial charge in [0.15, 0.2) is 11.6 Å². The van der Waals surface area contributed by atoms with Crippen LogP contribution in [-0.4, -0.2) is 43.4 Å². The molecule has 0 radical (unpaired) electrons. The quantitative estimate of drug-likeness (QED) is 0.373. The predicted molar refractivity (Wildman–Crippen MR) is 118 cm³/mol. The van der Waals surface area contributed by atoms with E-state index in [1.807, 2.05) is 35.6 Å². The SMILES string of the molecule is Cn1cc(-c2ncnc3cc(OC(F)F)c(NC(=O)C4(C(F)(F)F)CC4)nc23)c(-c2ccccc2)n1. The van der Waals surface area contributed by atoms with Gasteiger partial charge in [0, 0.05) is 30.4 Å². The van der Waals surface area contributed by atoms with E-state index in [2.05, 4.69) is 24.8 Å². The second kappa shape index (κ2) is 8.50. The van der Waals surface area contributed by atoms with Crippen molar-refractivity contribution in [2.24, 2.45) is 12.5 Å². The van der Waals surface area contributed by atoms with Gasteiger partial charge < -0.3 is 10.1 Å². The van der Waals surface area contributed by atoms with Gasteiger partial charge in [0.25, 0.3) is 0 Å². The summed E-state index contributed by atoms with van der Waals surface area (Å²) in [6.45, 7) is -3.32. The molecule has 1 aliphatic rings. The highest BCUT2D eigenvalue weighted by Gasteiger charge is 2.68. The van der Waals surface area contributed by atoms with Crippen molar-refractivity contribution in [3.8, 4) is 28.3 Å². The minimum Gasteiger partial charge on any atom is -0.431 e. The Kier molecular flexibility index (Phi) is 5.57. The maximum atomic E-state index is 13.4. The maximum absolute atomic E-state index is 13.4. The Morgan fingerprint density at radius 1 is 1.14 bits per heavy atom. The molecular formula is C23H17F5N6O2. The fourth-order valence-electron chi connectivity index (χ4n) is 3.90. The molecule has 0 bridgehead atoms. The van der Waals surface area contributed by atoms with E-state index in [1.165, 1.54) is 6.33 Å². The number of amides is 1. The van der Waals surface area contributed by atoms with Gasteiger partial charge in [-0.2, -0.15) is 27.1 Å². The fourth-order valence-corrected chi connectivity index (χ4v) is 3.90. The van der Waals surface area contributed by atoms with Crippen LogP contribution in [0.1, 0.15) is 12.8 Å². The number of aromatic nitrogens is 5. The molecule has 0 spiro atoms. The van der Waals surface area contributed by atoms with Crippen LogP contribution in [0.25, 0.3) is 33.5 Å². The summed E-state index contributed by atoms with van der Waals surface area (Å²) < 4.78 is 72.5. The van der Waals surface area contributed by atoms with Gasteiger partial charge in [-0.05, 0) is 12.8 Å². The summed E-state index contributed by atoms with van der Waals surface area (Å²) in [5.74, 6) is -2.61. The van der Waals surface area contributed by atoms with Crippen molar-refractivity contribution in [1.29, 1.82) is 0 Å². The monoisotopic (exact) mass is 504 g/mol. The van der Waals surface area contributed by atoms with Crippen LogP contribution in [-0.2, 0) is 11.8 Å². The van der Waals surface area contributed by atoms with Gasteiger partial charge in [-0.1, -0.05) is 30.3 Å². The first kappa shape index (κ1) is 23.6. The number of pyridine rings is 1. The Morgan fingerprint density at radius 2 is 1.86 bits per heavy atom. The number of carbonyl (C=O) groups excluding carboxylic acids is 1. The molecular weight excluding hydrogens is 487 g/mol. The molecule has 3 heterocycles. The van der Waals surface area contributed by atoms with Crippen molar-refractivity contribution >= 4 is 22.8 Å². The van der Waals surface area contributed by atoms with E-state index >= 15 is 0 Å². The summed E-state index contributed by atoms with van der Waals surface area (Å²) in [7, 11) is 1.69. The number of benzene rings is 1. The van der Waals surface area contributed by atoms with Crippen LogP contribution in [0.2, 0.25) is 0 Å². The Balaban J connectivity index is 1.65. The standard InChI is InChI=1S/C23H17F5N6O2/c1-34-10-13(16(33-34)12-5-3-2-4-6-12)17-18-14(29-11-30-17)9-15(36-21(24)25)19(31-18)32-20(35)22(7-8-22)23(26,27)28/h2-6,9-11,21H,7-8H2,1H3,(H,31,32,35). The normalized spacial score (nSPS) is 14.8. The van der Waals surface area contributed by atoms with E-state index in [0.717, 1.165) is 11.6 Å². The molecule has 1 aliphatic carbocycles. The number of hydrogen-bond acceptors (Lipinski definition) is 6. The van der Waals surface area contributed by atoms with E-state index in [9.17, 15) is 26.7 Å². The molecule has 36 heavy (non-hydrogen) atoms. The second-order valence-electron chi connectivity index (χ2n) is 8.27. The van der Waals surface area contributed by atoms with Crippen molar-refractivity contribution in [2.45, 2.75) is 25.6 Å². The van der Waals surface area contributed by atoms with Gasteiger partial charge in [-0.3, -0.25) is 9.48 Å². The van der Waals surface area contributed by atoms with E-state index in [4.69, 9.17) is 0 Å². The lowest BCUT2D eigenvalue weighted by atomic mass is 10.0. The third kappa shape index (κ3) is 4.10. The number of hydrogen-bond donors (Lipinski definition) is 1. The van der Waals surface area contributed by atoms with E-state index in [-0.39, 0.29) is 16.7 Å². The molecule has 5 rings (SSSR count). The fraction of sp³-hybridized carbons (Fsp3) is 0.261. The summed E-state index contributed by atoms with van der Waals surface area (Å²) in [4.78, 5) is 25.1. The first-order valence-electron chi connectivity index (χ1n) is 10.7.